The maximum absolute atomic E-state index is 10.3. The first-order valence-corrected chi connectivity index (χ1v) is 3.74. The Kier molecular flexibility index (Phi) is 1.16. The molecular formula is C8H10N2O. The largest absolute Gasteiger partial charge is 0.331 e. The van der Waals surface area contributed by atoms with E-state index in [1.54, 1.807) is 12.5 Å². The van der Waals surface area contributed by atoms with E-state index in [4.69, 9.17) is 0 Å². The Morgan fingerprint density at radius 1 is 1.73 bits per heavy atom. The molecule has 0 saturated heterocycles. The van der Waals surface area contributed by atoms with Crippen LogP contribution in [0.2, 0.25) is 0 Å². The van der Waals surface area contributed by atoms with E-state index in [0.717, 1.165) is 6.29 Å². The van der Waals surface area contributed by atoms with Crippen LogP contribution in [-0.2, 0) is 5.54 Å². The van der Waals surface area contributed by atoms with E-state index < -0.39 is 0 Å². The van der Waals surface area contributed by atoms with E-state index in [9.17, 15) is 4.79 Å². The zero-order chi connectivity index (χ0) is 7.90. The van der Waals surface area contributed by atoms with Gasteiger partial charge in [0.25, 0.3) is 0 Å². The van der Waals surface area contributed by atoms with Crippen LogP contribution in [0.15, 0.2) is 12.5 Å². The first-order chi connectivity index (χ1) is 5.24. The number of imidazole rings is 1. The quantitative estimate of drug-likeness (QED) is 0.594. The predicted octanol–water partition coefficient (Wildman–Crippen LogP) is 1.20. The van der Waals surface area contributed by atoms with Crippen molar-refractivity contribution in [2.24, 2.45) is 0 Å². The van der Waals surface area contributed by atoms with Gasteiger partial charge in [0.15, 0.2) is 6.29 Å². The van der Waals surface area contributed by atoms with Crippen molar-refractivity contribution in [1.82, 2.24) is 9.55 Å². The lowest BCUT2D eigenvalue weighted by molar-refractivity contribution is 0.111. The number of rotatable bonds is 2. The van der Waals surface area contributed by atoms with Gasteiger partial charge in [-0.25, -0.2) is 4.98 Å². The van der Waals surface area contributed by atoms with E-state index in [1.807, 2.05) is 4.57 Å². The Morgan fingerprint density at radius 3 is 2.91 bits per heavy atom. The summed E-state index contributed by atoms with van der Waals surface area (Å²) in [7, 11) is 0. The van der Waals surface area contributed by atoms with Gasteiger partial charge < -0.3 is 4.57 Å². The van der Waals surface area contributed by atoms with Gasteiger partial charge in [-0.2, -0.15) is 0 Å². The predicted molar refractivity (Wildman–Crippen MR) is 40.5 cm³/mol. The minimum absolute atomic E-state index is 0.258. The molecule has 0 atom stereocenters. The topological polar surface area (TPSA) is 34.9 Å². The first kappa shape index (κ1) is 6.58. The molecule has 0 N–H and O–H groups in total. The van der Waals surface area contributed by atoms with Crippen molar-refractivity contribution >= 4 is 6.29 Å². The molecular weight excluding hydrogens is 140 g/mol. The van der Waals surface area contributed by atoms with Gasteiger partial charge in [-0.1, -0.05) is 0 Å². The fourth-order valence-corrected chi connectivity index (χ4v) is 1.13. The van der Waals surface area contributed by atoms with Crippen molar-refractivity contribution in [3.05, 3.63) is 18.2 Å². The lowest BCUT2D eigenvalue weighted by atomic mass is 10.3. The van der Waals surface area contributed by atoms with Gasteiger partial charge in [0.2, 0.25) is 0 Å². The van der Waals surface area contributed by atoms with E-state index in [2.05, 4.69) is 11.9 Å². The summed E-state index contributed by atoms with van der Waals surface area (Å²) < 4.78 is 2.02. The summed E-state index contributed by atoms with van der Waals surface area (Å²) in [6, 6.07) is 0. The molecule has 0 aromatic carbocycles. The summed E-state index contributed by atoms with van der Waals surface area (Å²) in [5.41, 5.74) is 0.784. The number of aromatic nitrogens is 2. The van der Waals surface area contributed by atoms with Crippen molar-refractivity contribution in [1.29, 1.82) is 0 Å². The summed E-state index contributed by atoms with van der Waals surface area (Å²) in [6.45, 7) is 2.17. The zero-order valence-electron chi connectivity index (χ0n) is 6.45. The monoisotopic (exact) mass is 150 g/mol. The molecule has 0 spiro atoms. The van der Waals surface area contributed by atoms with Crippen LogP contribution < -0.4 is 0 Å². The molecule has 0 aliphatic heterocycles. The zero-order valence-corrected chi connectivity index (χ0v) is 6.45. The number of carbonyl (C=O) groups is 1. The molecule has 3 heteroatoms. The Morgan fingerprint density at radius 2 is 2.45 bits per heavy atom. The SMILES string of the molecule is CC1(n2cnc(C=O)c2)CC1. The van der Waals surface area contributed by atoms with Crippen molar-refractivity contribution in [3.63, 3.8) is 0 Å². The molecule has 2 rings (SSSR count). The lowest BCUT2D eigenvalue weighted by Crippen LogP contribution is -2.08. The first-order valence-electron chi connectivity index (χ1n) is 3.74. The highest BCUT2D eigenvalue weighted by Crippen LogP contribution is 2.42. The van der Waals surface area contributed by atoms with Crippen molar-refractivity contribution in [2.45, 2.75) is 25.3 Å². The molecule has 0 radical (unpaired) electrons. The number of hydrogen-bond acceptors (Lipinski definition) is 2. The van der Waals surface area contributed by atoms with Gasteiger partial charge in [0.05, 0.1) is 6.33 Å². The van der Waals surface area contributed by atoms with Crippen LogP contribution in [0.1, 0.15) is 30.3 Å². The molecule has 11 heavy (non-hydrogen) atoms. The van der Waals surface area contributed by atoms with E-state index >= 15 is 0 Å². The lowest BCUT2D eigenvalue weighted by Gasteiger charge is -2.07. The van der Waals surface area contributed by atoms with Gasteiger partial charge in [0.1, 0.15) is 5.69 Å². The van der Waals surface area contributed by atoms with Crippen LogP contribution in [0.3, 0.4) is 0 Å². The molecule has 1 fully saturated rings. The second kappa shape index (κ2) is 1.94. The maximum Gasteiger partial charge on any atom is 0.169 e. The van der Waals surface area contributed by atoms with Crippen LogP contribution in [0, 0.1) is 0 Å². The fourth-order valence-electron chi connectivity index (χ4n) is 1.13. The van der Waals surface area contributed by atoms with Crippen molar-refractivity contribution in [2.75, 3.05) is 0 Å². The Hall–Kier alpha value is -1.12. The third-order valence-electron chi connectivity index (χ3n) is 2.32. The van der Waals surface area contributed by atoms with Gasteiger partial charge in [0, 0.05) is 11.7 Å². The smallest absolute Gasteiger partial charge is 0.169 e. The summed E-state index contributed by atoms with van der Waals surface area (Å²) in [6.07, 6.45) is 6.71. The highest BCUT2D eigenvalue weighted by atomic mass is 16.1. The second-order valence-corrected chi connectivity index (χ2v) is 3.32. The summed E-state index contributed by atoms with van der Waals surface area (Å²) in [4.78, 5) is 14.2. The molecule has 1 heterocycles. The number of nitrogens with zero attached hydrogens (tertiary/aromatic N) is 2. The Bertz CT molecular complexity index is 286. The minimum atomic E-state index is 0.258. The van der Waals surface area contributed by atoms with Gasteiger partial charge in [-0.05, 0) is 19.8 Å². The minimum Gasteiger partial charge on any atom is -0.331 e. The number of carbonyl (C=O) groups excluding carboxylic acids is 1. The molecule has 0 amide bonds. The normalized spacial score (nSPS) is 19.7. The summed E-state index contributed by atoms with van der Waals surface area (Å²) >= 11 is 0. The van der Waals surface area contributed by atoms with Crippen molar-refractivity contribution in [3.8, 4) is 0 Å². The van der Waals surface area contributed by atoms with Crippen LogP contribution in [0.4, 0.5) is 0 Å². The van der Waals surface area contributed by atoms with Crippen LogP contribution in [0.25, 0.3) is 0 Å². The van der Waals surface area contributed by atoms with E-state index in [1.165, 1.54) is 12.8 Å². The summed E-state index contributed by atoms with van der Waals surface area (Å²) in [5, 5.41) is 0. The van der Waals surface area contributed by atoms with Gasteiger partial charge in [-0.15, -0.1) is 0 Å². The fraction of sp³-hybridized carbons (Fsp3) is 0.500. The molecule has 1 saturated carbocycles. The molecule has 1 aromatic rings. The second-order valence-electron chi connectivity index (χ2n) is 3.32. The molecule has 0 unspecified atom stereocenters. The summed E-state index contributed by atoms with van der Waals surface area (Å²) in [5.74, 6) is 0. The molecule has 58 valence electrons. The van der Waals surface area contributed by atoms with E-state index in [0.29, 0.717) is 5.69 Å². The molecule has 1 aliphatic carbocycles. The average Bonchev–Trinajstić information content (AvgIpc) is 2.61. The van der Waals surface area contributed by atoms with E-state index in [-0.39, 0.29) is 5.54 Å². The van der Waals surface area contributed by atoms with Crippen LogP contribution >= 0.6 is 0 Å². The van der Waals surface area contributed by atoms with Gasteiger partial charge >= 0.3 is 0 Å². The van der Waals surface area contributed by atoms with Gasteiger partial charge in [-0.3, -0.25) is 4.79 Å². The van der Waals surface area contributed by atoms with Crippen LogP contribution in [0.5, 0.6) is 0 Å². The number of aldehydes is 1. The maximum atomic E-state index is 10.3. The molecule has 0 bridgehead atoms. The average molecular weight is 150 g/mol. The Labute approximate surface area is 65.1 Å². The van der Waals surface area contributed by atoms with Crippen LogP contribution in [-0.4, -0.2) is 15.8 Å². The Balaban J connectivity index is 2.32. The molecule has 1 aromatic heterocycles. The highest BCUT2D eigenvalue weighted by Gasteiger charge is 2.38. The third-order valence-corrected chi connectivity index (χ3v) is 2.32. The number of hydrogen-bond donors (Lipinski definition) is 0. The molecule has 3 nitrogen and oxygen atoms in total. The molecule has 1 aliphatic rings. The van der Waals surface area contributed by atoms with Crippen molar-refractivity contribution < 1.29 is 4.79 Å². The third kappa shape index (κ3) is 0.964. The highest BCUT2D eigenvalue weighted by molar-refractivity contribution is 5.71. The standard InChI is InChI=1S/C8H10N2O/c1-8(2-3-8)10-4-7(5-11)9-6-10/h4-6H,2-3H2,1H3.